The summed E-state index contributed by atoms with van der Waals surface area (Å²) < 4.78 is 0. The predicted octanol–water partition coefficient (Wildman–Crippen LogP) is 4.11. The van der Waals surface area contributed by atoms with Gasteiger partial charge in [0.1, 0.15) is 11.5 Å². The lowest BCUT2D eigenvalue weighted by atomic mass is 9.98. The highest BCUT2D eigenvalue weighted by Crippen LogP contribution is 2.33. The van der Waals surface area contributed by atoms with Crippen LogP contribution in [0.15, 0.2) is 30.3 Å². The predicted molar refractivity (Wildman–Crippen MR) is 95.6 cm³/mol. The van der Waals surface area contributed by atoms with Crippen molar-refractivity contribution in [2.75, 3.05) is 7.05 Å². The van der Waals surface area contributed by atoms with Gasteiger partial charge in [-0.2, -0.15) is 0 Å². The van der Waals surface area contributed by atoms with Crippen LogP contribution in [0.25, 0.3) is 0 Å². The van der Waals surface area contributed by atoms with Crippen molar-refractivity contribution in [3.8, 4) is 11.5 Å². The number of carbonyl (C=O) groups excluding carboxylic acids is 1. The Bertz CT molecular complexity index is 745. The van der Waals surface area contributed by atoms with Crippen molar-refractivity contribution in [2.45, 2.75) is 40.2 Å². The molecule has 2 rings (SSSR count). The molecule has 0 aliphatic heterocycles. The zero-order valence-electron chi connectivity index (χ0n) is 14.9. The van der Waals surface area contributed by atoms with Crippen molar-refractivity contribution < 1.29 is 15.0 Å². The lowest BCUT2D eigenvalue weighted by Gasteiger charge is -2.21. The molecule has 0 unspecified atom stereocenters. The van der Waals surface area contributed by atoms with E-state index in [0.717, 1.165) is 16.7 Å². The highest BCUT2D eigenvalue weighted by Gasteiger charge is 2.20. The average Bonchev–Trinajstić information content (AvgIpc) is 2.50. The van der Waals surface area contributed by atoms with E-state index in [-0.39, 0.29) is 28.9 Å². The first-order chi connectivity index (χ1) is 11.2. The Balaban J connectivity index is 2.33. The maximum absolute atomic E-state index is 12.8. The molecule has 0 atom stereocenters. The molecule has 4 nitrogen and oxygen atoms in total. The van der Waals surface area contributed by atoms with Crippen molar-refractivity contribution in [3.05, 3.63) is 58.1 Å². The third-order valence-electron chi connectivity index (χ3n) is 4.38. The Hall–Kier alpha value is -2.49. The van der Waals surface area contributed by atoms with E-state index in [1.807, 2.05) is 45.9 Å². The summed E-state index contributed by atoms with van der Waals surface area (Å²) in [6.45, 7) is 8.38. The number of rotatable bonds is 4. The number of aryl methyl sites for hydroxylation is 2. The minimum Gasteiger partial charge on any atom is -0.508 e. The molecule has 24 heavy (non-hydrogen) atoms. The number of aromatic hydroxyl groups is 2. The van der Waals surface area contributed by atoms with Gasteiger partial charge in [-0.15, -0.1) is 0 Å². The molecular formula is C20H25NO3. The van der Waals surface area contributed by atoms with E-state index in [4.69, 9.17) is 0 Å². The van der Waals surface area contributed by atoms with Gasteiger partial charge in [-0.05, 0) is 48.1 Å². The molecule has 0 fully saturated rings. The fourth-order valence-electron chi connectivity index (χ4n) is 2.84. The fraction of sp³-hybridized carbons (Fsp3) is 0.350. The molecule has 0 heterocycles. The highest BCUT2D eigenvalue weighted by atomic mass is 16.3. The van der Waals surface area contributed by atoms with Crippen LogP contribution < -0.4 is 0 Å². The summed E-state index contributed by atoms with van der Waals surface area (Å²) in [5.74, 6) is -0.398. The Morgan fingerprint density at radius 1 is 1.08 bits per heavy atom. The number of amides is 1. The summed E-state index contributed by atoms with van der Waals surface area (Å²) in [5, 5.41) is 20.0. The van der Waals surface area contributed by atoms with Gasteiger partial charge in [-0.1, -0.05) is 32.0 Å². The van der Waals surface area contributed by atoms with Gasteiger partial charge in [0.05, 0.1) is 5.56 Å². The Morgan fingerprint density at radius 3 is 2.21 bits per heavy atom. The van der Waals surface area contributed by atoms with Gasteiger partial charge in [0, 0.05) is 19.7 Å². The normalized spacial score (nSPS) is 10.9. The van der Waals surface area contributed by atoms with E-state index in [1.54, 1.807) is 18.0 Å². The SMILES string of the molecule is Cc1cccc(C)c1CN(C)C(=O)c1cc(C(C)C)c(O)cc1O. The monoisotopic (exact) mass is 327 g/mol. The summed E-state index contributed by atoms with van der Waals surface area (Å²) in [7, 11) is 1.72. The van der Waals surface area contributed by atoms with Crippen LogP contribution in [-0.2, 0) is 6.54 Å². The number of hydrogen-bond donors (Lipinski definition) is 2. The highest BCUT2D eigenvalue weighted by molar-refractivity contribution is 5.97. The van der Waals surface area contributed by atoms with Crippen LogP contribution in [0.2, 0.25) is 0 Å². The molecule has 0 saturated carbocycles. The fourth-order valence-corrected chi connectivity index (χ4v) is 2.84. The largest absolute Gasteiger partial charge is 0.508 e. The van der Waals surface area contributed by atoms with E-state index in [0.29, 0.717) is 12.1 Å². The van der Waals surface area contributed by atoms with Crippen molar-refractivity contribution in [1.29, 1.82) is 0 Å². The van der Waals surface area contributed by atoms with Crippen LogP contribution in [0.4, 0.5) is 0 Å². The number of phenolic OH excluding ortho intramolecular Hbond substituents is 2. The molecule has 0 aliphatic carbocycles. The first kappa shape index (κ1) is 17.9. The molecule has 2 aromatic carbocycles. The second-order valence-corrected chi connectivity index (χ2v) is 6.61. The van der Waals surface area contributed by atoms with Crippen LogP contribution in [-0.4, -0.2) is 28.1 Å². The molecule has 2 N–H and O–H groups in total. The third-order valence-corrected chi connectivity index (χ3v) is 4.38. The number of carbonyl (C=O) groups is 1. The van der Waals surface area contributed by atoms with Crippen LogP contribution in [0.1, 0.15) is 52.4 Å². The van der Waals surface area contributed by atoms with Crippen molar-refractivity contribution >= 4 is 5.91 Å². The van der Waals surface area contributed by atoms with Gasteiger partial charge in [-0.3, -0.25) is 4.79 Å². The molecule has 0 aliphatic rings. The standard InChI is InChI=1S/C20H25NO3/c1-12(2)15-9-16(19(23)10-18(15)22)20(24)21(5)11-17-13(3)7-6-8-14(17)4/h6-10,12,22-23H,11H2,1-5H3. The van der Waals surface area contributed by atoms with Gasteiger partial charge in [0.2, 0.25) is 0 Å². The molecule has 4 heteroatoms. The topological polar surface area (TPSA) is 60.8 Å². The number of nitrogens with zero attached hydrogens (tertiary/aromatic N) is 1. The van der Waals surface area contributed by atoms with E-state index in [9.17, 15) is 15.0 Å². The van der Waals surface area contributed by atoms with E-state index < -0.39 is 0 Å². The van der Waals surface area contributed by atoms with Crippen LogP contribution in [0.3, 0.4) is 0 Å². The Morgan fingerprint density at radius 2 is 1.67 bits per heavy atom. The van der Waals surface area contributed by atoms with Gasteiger partial charge in [0.25, 0.3) is 5.91 Å². The maximum Gasteiger partial charge on any atom is 0.257 e. The van der Waals surface area contributed by atoms with E-state index >= 15 is 0 Å². The molecule has 0 bridgehead atoms. The zero-order chi connectivity index (χ0) is 18.0. The van der Waals surface area contributed by atoms with Gasteiger partial charge < -0.3 is 15.1 Å². The summed E-state index contributed by atoms with van der Waals surface area (Å²) in [6.07, 6.45) is 0. The summed E-state index contributed by atoms with van der Waals surface area (Å²) >= 11 is 0. The maximum atomic E-state index is 12.8. The first-order valence-electron chi connectivity index (χ1n) is 8.08. The second kappa shape index (κ2) is 6.95. The zero-order valence-corrected chi connectivity index (χ0v) is 14.9. The molecule has 0 spiro atoms. The van der Waals surface area contributed by atoms with Gasteiger partial charge in [0.15, 0.2) is 0 Å². The minimum atomic E-state index is -0.267. The summed E-state index contributed by atoms with van der Waals surface area (Å²) in [6, 6.07) is 8.87. The number of benzene rings is 2. The lowest BCUT2D eigenvalue weighted by Crippen LogP contribution is -2.27. The molecule has 0 radical (unpaired) electrons. The molecule has 0 saturated heterocycles. The summed E-state index contributed by atoms with van der Waals surface area (Å²) in [4.78, 5) is 14.4. The van der Waals surface area contributed by atoms with E-state index in [1.165, 1.54) is 6.07 Å². The second-order valence-electron chi connectivity index (χ2n) is 6.61. The Labute approximate surface area is 143 Å². The number of hydrogen-bond acceptors (Lipinski definition) is 3. The molecule has 1 amide bonds. The minimum absolute atomic E-state index is 0.0106. The summed E-state index contributed by atoms with van der Waals surface area (Å²) in [5.41, 5.74) is 4.23. The molecule has 128 valence electrons. The van der Waals surface area contributed by atoms with Crippen molar-refractivity contribution in [1.82, 2.24) is 4.90 Å². The van der Waals surface area contributed by atoms with Gasteiger partial charge >= 0.3 is 0 Å². The van der Waals surface area contributed by atoms with Crippen molar-refractivity contribution in [2.24, 2.45) is 0 Å². The van der Waals surface area contributed by atoms with Crippen LogP contribution in [0, 0.1) is 13.8 Å². The van der Waals surface area contributed by atoms with Crippen LogP contribution >= 0.6 is 0 Å². The van der Waals surface area contributed by atoms with Crippen molar-refractivity contribution in [3.63, 3.8) is 0 Å². The van der Waals surface area contributed by atoms with Gasteiger partial charge in [-0.25, -0.2) is 0 Å². The van der Waals surface area contributed by atoms with E-state index in [2.05, 4.69) is 0 Å². The average molecular weight is 327 g/mol. The molecule has 0 aromatic heterocycles. The molecule has 2 aromatic rings. The Kier molecular flexibility index (Phi) is 5.17. The first-order valence-corrected chi connectivity index (χ1v) is 8.08. The number of phenols is 2. The quantitative estimate of drug-likeness (QED) is 0.888. The lowest BCUT2D eigenvalue weighted by molar-refractivity contribution is 0.0781. The smallest absolute Gasteiger partial charge is 0.257 e. The molecular weight excluding hydrogens is 302 g/mol. The van der Waals surface area contributed by atoms with Crippen LogP contribution in [0.5, 0.6) is 11.5 Å². The third kappa shape index (κ3) is 3.53.